The number of anilines is 1. The molecule has 168 valence electrons. The number of nitrogens with zero attached hydrogens (tertiary/aromatic N) is 6. The minimum absolute atomic E-state index is 0.286. The van der Waals surface area contributed by atoms with Gasteiger partial charge in [-0.1, -0.05) is 48.5 Å². The number of carbonyl (C=O) groups is 1. The van der Waals surface area contributed by atoms with Crippen molar-refractivity contribution in [1.29, 1.82) is 0 Å². The number of hydrogen-bond donors (Lipinski definition) is 1. The first-order valence-electron chi connectivity index (χ1n) is 10.6. The molecule has 0 spiro atoms. The zero-order valence-corrected chi connectivity index (χ0v) is 18.6. The summed E-state index contributed by atoms with van der Waals surface area (Å²) in [4.78, 5) is 13.4. The number of hydrogen-bond acceptors (Lipinski definition) is 6. The van der Waals surface area contributed by atoms with Gasteiger partial charge in [0.2, 0.25) is 0 Å². The Hall–Kier alpha value is -4.79. The lowest BCUT2D eigenvalue weighted by molar-refractivity contribution is 0.102. The highest BCUT2D eigenvalue weighted by Gasteiger charge is 2.20. The summed E-state index contributed by atoms with van der Waals surface area (Å²) in [5, 5.41) is 19.3. The van der Waals surface area contributed by atoms with E-state index in [1.807, 2.05) is 60.7 Å². The second kappa shape index (κ2) is 8.99. The number of nitrogens with one attached hydrogen (secondary N) is 1. The maximum Gasteiger partial charge on any atom is 0.259 e. The van der Waals surface area contributed by atoms with Crippen LogP contribution in [0.3, 0.4) is 0 Å². The van der Waals surface area contributed by atoms with Gasteiger partial charge in [0.05, 0.1) is 18.4 Å². The number of aromatic nitrogens is 6. The van der Waals surface area contributed by atoms with Gasteiger partial charge in [-0.15, -0.1) is 5.10 Å². The lowest BCUT2D eigenvalue weighted by atomic mass is 10.1. The van der Waals surface area contributed by atoms with Gasteiger partial charge in [0, 0.05) is 17.4 Å². The number of tetrazole rings is 1. The van der Waals surface area contributed by atoms with Gasteiger partial charge in [0.1, 0.15) is 17.1 Å². The zero-order valence-electron chi connectivity index (χ0n) is 18.6. The summed E-state index contributed by atoms with van der Waals surface area (Å²) in [6, 6.07) is 24.6. The molecule has 9 heteroatoms. The molecule has 9 nitrogen and oxygen atoms in total. The van der Waals surface area contributed by atoms with Crippen LogP contribution in [0.15, 0.2) is 85.1 Å². The largest absolute Gasteiger partial charge is 0.494 e. The minimum Gasteiger partial charge on any atom is -0.494 e. The number of methoxy groups -OCH3 is 1. The molecule has 0 aliphatic heterocycles. The molecule has 0 saturated heterocycles. The second-order valence-corrected chi connectivity index (χ2v) is 7.52. The van der Waals surface area contributed by atoms with E-state index in [9.17, 15) is 4.79 Å². The molecule has 34 heavy (non-hydrogen) atoms. The maximum atomic E-state index is 13.4. The first kappa shape index (κ1) is 21.1. The summed E-state index contributed by atoms with van der Waals surface area (Å²) < 4.78 is 8.72. The number of ether oxygens (including phenoxy) is 1. The van der Waals surface area contributed by atoms with E-state index in [1.165, 1.54) is 0 Å². The Morgan fingerprint density at radius 1 is 0.971 bits per heavy atom. The molecule has 2 heterocycles. The lowest BCUT2D eigenvalue weighted by Gasteiger charge is -2.12. The minimum atomic E-state index is -0.286. The molecule has 2 aromatic heterocycles. The molecule has 0 unspecified atom stereocenters. The fourth-order valence-electron chi connectivity index (χ4n) is 3.65. The van der Waals surface area contributed by atoms with E-state index in [0.29, 0.717) is 34.2 Å². The van der Waals surface area contributed by atoms with Crippen molar-refractivity contribution in [3.8, 4) is 28.4 Å². The van der Waals surface area contributed by atoms with Crippen molar-refractivity contribution in [1.82, 2.24) is 30.0 Å². The highest BCUT2D eigenvalue weighted by molar-refractivity contribution is 6.08. The highest BCUT2D eigenvalue weighted by atomic mass is 16.5. The molecule has 5 rings (SSSR count). The van der Waals surface area contributed by atoms with Crippen LogP contribution in [0, 0.1) is 6.92 Å². The van der Waals surface area contributed by atoms with E-state index in [0.717, 1.165) is 11.3 Å². The molecule has 0 aliphatic carbocycles. The molecular weight excluding hydrogens is 430 g/mol. The SMILES string of the molecule is COc1ccc(NC(=O)c2cn(-c3ccccc3)nc2-c2ccccc2)cc1-n1nnnc1C. The summed E-state index contributed by atoms with van der Waals surface area (Å²) in [6.45, 7) is 1.79. The Morgan fingerprint density at radius 3 is 2.38 bits per heavy atom. The number of carbonyl (C=O) groups excluding carboxylic acids is 1. The van der Waals surface area contributed by atoms with Crippen molar-refractivity contribution >= 4 is 11.6 Å². The van der Waals surface area contributed by atoms with E-state index >= 15 is 0 Å². The van der Waals surface area contributed by atoms with Gasteiger partial charge in [0.25, 0.3) is 5.91 Å². The number of benzene rings is 3. The third kappa shape index (κ3) is 4.02. The van der Waals surface area contributed by atoms with Gasteiger partial charge in [-0.2, -0.15) is 9.78 Å². The number of aryl methyl sites for hydroxylation is 1. The van der Waals surface area contributed by atoms with Gasteiger partial charge >= 0.3 is 0 Å². The Balaban J connectivity index is 1.53. The van der Waals surface area contributed by atoms with E-state index in [1.54, 1.807) is 47.8 Å². The van der Waals surface area contributed by atoms with Gasteiger partial charge < -0.3 is 10.1 Å². The molecule has 0 aliphatic rings. The van der Waals surface area contributed by atoms with Crippen molar-refractivity contribution in [3.63, 3.8) is 0 Å². The van der Waals surface area contributed by atoms with Crippen LogP contribution in [0.4, 0.5) is 5.69 Å². The molecule has 5 aromatic rings. The molecule has 0 fully saturated rings. The second-order valence-electron chi connectivity index (χ2n) is 7.52. The van der Waals surface area contributed by atoms with Gasteiger partial charge in [0.15, 0.2) is 5.82 Å². The molecular formula is C25H21N7O2. The monoisotopic (exact) mass is 451 g/mol. The number of amides is 1. The van der Waals surface area contributed by atoms with Crippen molar-refractivity contribution in [2.75, 3.05) is 12.4 Å². The molecule has 1 N–H and O–H groups in total. The Morgan fingerprint density at radius 2 is 1.71 bits per heavy atom. The zero-order chi connectivity index (χ0) is 23.5. The number of rotatable bonds is 6. The van der Waals surface area contributed by atoms with Crippen LogP contribution in [-0.2, 0) is 0 Å². The Labute approximate surface area is 195 Å². The molecule has 0 saturated carbocycles. The fourth-order valence-corrected chi connectivity index (χ4v) is 3.65. The summed E-state index contributed by atoms with van der Waals surface area (Å²) in [5.41, 5.74) is 3.94. The van der Waals surface area contributed by atoms with Crippen molar-refractivity contribution in [3.05, 3.63) is 96.4 Å². The summed E-state index contributed by atoms with van der Waals surface area (Å²) >= 11 is 0. The standard InChI is InChI=1S/C25H21N7O2/c1-17-27-29-30-32(17)22-15-19(13-14-23(22)34-2)26-25(33)21-16-31(20-11-7-4-8-12-20)28-24(21)18-9-5-3-6-10-18/h3-16H,1-2H3,(H,26,33). The predicted octanol–water partition coefficient (Wildman–Crippen LogP) is 4.08. The van der Waals surface area contributed by atoms with Crippen molar-refractivity contribution in [2.24, 2.45) is 0 Å². The fraction of sp³-hybridized carbons (Fsp3) is 0.0800. The normalized spacial score (nSPS) is 10.8. The van der Waals surface area contributed by atoms with Crippen LogP contribution in [0.25, 0.3) is 22.6 Å². The van der Waals surface area contributed by atoms with E-state index in [4.69, 9.17) is 9.84 Å². The summed E-state index contributed by atoms with van der Waals surface area (Å²) in [5.74, 6) is 0.887. The molecule has 0 radical (unpaired) electrons. The third-order valence-corrected chi connectivity index (χ3v) is 5.32. The van der Waals surface area contributed by atoms with Crippen LogP contribution in [-0.4, -0.2) is 43.0 Å². The molecule has 0 bridgehead atoms. The lowest BCUT2D eigenvalue weighted by Crippen LogP contribution is -2.13. The molecule has 1 amide bonds. The van der Waals surface area contributed by atoms with Gasteiger partial charge in [-0.25, -0.2) is 4.68 Å². The Kier molecular flexibility index (Phi) is 5.57. The Bertz CT molecular complexity index is 1440. The average molecular weight is 451 g/mol. The van der Waals surface area contributed by atoms with Gasteiger partial charge in [-0.05, 0) is 47.7 Å². The highest BCUT2D eigenvalue weighted by Crippen LogP contribution is 2.28. The smallest absolute Gasteiger partial charge is 0.259 e. The first-order valence-corrected chi connectivity index (χ1v) is 10.6. The molecule has 0 atom stereocenters. The summed E-state index contributed by atoms with van der Waals surface area (Å²) in [7, 11) is 1.57. The van der Waals surface area contributed by atoms with E-state index in [2.05, 4.69) is 20.8 Å². The van der Waals surface area contributed by atoms with Gasteiger partial charge in [-0.3, -0.25) is 4.79 Å². The van der Waals surface area contributed by atoms with Crippen molar-refractivity contribution in [2.45, 2.75) is 6.92 Å². The number of para-hydroxylation sites is 1. The van der Waals surface area contributed by atoms with Crippen LogP contribution < -0.4 is 10.1 Å². The third-order valence-electron chi connectivity index (χ3n) is 5.32. The van der Waals surface area contributed by atoms with Crippen LogP contribution >= 0.6 is 0 Å². The van der Waals surface area contributed by atoms with Crippen molar-refractivity contribution < 1.29 is 9.53 Å². The van der Waals surface area contributed by atoms with Crippen LogP contribution in [0.1, 0.15) is 16.2 Å². The quantitative estimate of drug-likeness (QED) is 0.418. The summed E-state index contributed by atoms with van der Waals surface area (Å²) in [6.07, 6.45) is 1.74. The topological polar surface area (TPSA) is 99.8 Å². The first-order chi connectivity index (χ1) is 16.6. The van der Waals surface area contributed by atoms with E-state index in [-0.39, 0.29) is 5.91 Å². The van der Waals surface area contributed by atoms with E-state index < -0.39 is 0 Å². The maximum absolute atomic E-state index is 13.4. The predicted molar refractivity (Wildman–Crippen MR) is 127 cm³/mol. The average Bonchev–Trinajstić information content (AvgIpc) is 3.52. The molecule has 3 aromatic carbocycles. The van der Waals surface area contributed by atoms with Crippen LogP contribution in [0.2, 0.25) is 0 Å². The van der Waals surface area contributed by atoms with Crippen LogP contribution in [0.5, 0.6) is 5.75 Å².